The van der Waals surface area contributed by atoms with Gasteiger partial charge in [0.1, 0.15) is 6.04 Å². The van der Waals surface area contributed by atoms with E-state index in [9.17, 15) is 18.8 Å². The number of rotatable bonds is 8. The van der Waals surface area contributed by atoms with E-state index in [1.165, 1.54) is 0 Å². The fraction of sp³-hybridized carbons (Fsp3) is 0.833. The van der Waals surface area contributed by atoms with Gasteiger partial charge < -0.3 is 25.2 Å². The molecule has 0 aliphatic rings. The van der Waals surface area contributed by atoms with Gasteiger partial charge in [-0.1, -0.05) is 0 Å². The van der Waals surface area contributed by atoms with Gasteiger partial charge >= 0.3 is 14.2 Å². The second-order valence-electron chi connectivity index (χ2n) is 3.14. The lowest BCUT2D eigenvalue weighted by Gasteiger charge is -2.12. The van der Waals surface area contributed by atoms with E-state index in [2.05, 4.69) is 4.52 Å². The average molecular weight is 275 g/mol. The van der Waals surface area contributed by atoms with Gasteiger partial charge in [-0.05, 0) is 6.42 Å². The van der Waals surface area contributed by atoms with Gasteiger partial charge in [-0.3, -0.25) is 13.9 Å². The summed E-state index contributed by atoms with van der Waals surface area (Å²) in [4.78, 5) is 27.9. The molecule has 10 heteroatoms. The molecule has 0 amide bonds. The number of carbonyl (C=O) groups is 1. The first-order valence-electron chi connectivity index (χ1n) is 4.39. The summed E-state index contributed by atoms with van der Waals surface area (Å²) in [6, 6.07) is -1.18. The average Bonchev–Trinajstić information content (AvgIpc) is 2.13. The zero-order valence-electron chi connectivity index (χ0n) is 8.40. The fourth-order valence-electron chi connectivity index (χ4n) is 0.852. The van der Waals surface area contributed by atoms with Crippen LogP contribution >= 0.6 is 15.6 Å². The van der Waals surface area contributed by atoms with Crippen LogP contribution in [0.25, 0.3) is 0 Å². The van der Waals surface area contributed by atoms with Crippen molar-refractivity contribution >= 4 is 21.6 Å². The quantitative estimate of drug-likeness (QED) is 0.431. The molecule has 0 rings (SSSR count). The van der Waals surface area contributed by atoms with Gasteiger partial charge in [-0.25, -0.2) is 0 Å². The highest BCUT2D eigenvalue weighted by atomic mass is 31.2. The molecule has 3 atom stereocenters. The maximum absolute atomic E-state index is 11.4. The lowest BCUT2D eigenvalue weighted by atomic mass is 10.2. The summed E-state index contributed by atoms with van der Waals surface area (Å²) in [5.41, 5.74) is 5.15. The molecule has 0 heterocycles. The van der Waals surface area contributed by atoms with Crippen LogP contribution in [0.3, 0.4) is 0 Å². The van der Waals surface area contributed by atoms with E-state index in [-0.39, 0.29) is 25.4 Å². The fourth-order valence-corrected chi connectivity index (χ4v) is 2.58. The van der Waals surface area contributed by atoms with Crippen molar-refractivity contribution < 1.29 is 33.3 Å². The van der Waals surface area contributed by atoms with Crippen molar-refractivity contribution in [1.29, 1.82) is 0 Å². The molecule has 0 bridgehead atoms. The van der Waals surface area contributed by atoms with Crippen molar-refractivity contribution in [3.8, 4) is 0 Å². The van der Waals surface area contributed by atoms with Crippen LogP contribution in [-0.2, 0) is 18.4 Å². The number of aliphatic carboxylic acids is 1. The summed E-state index contributed by atoms with van der Waals surface area (Å²) in [7, 11) is -6.65. The highest BCUT2D eigenvalue weighted by Crippen LogP contribution is 2.41. The number of hydrogen-bond acceptors (Lipinski definition) is 5. The van der Waals surface area contributed by atoms with Crippen LogP contribution in [0.5, 0.6) is 0 Å². The molecule has 0 radical (unpaired) electrons. The molecule has 96 valence electrons. The van der Waals surface area contributed by atoms with E-state index in [1.807, 2.05) is 0 Å². The molecular formula is C6H15NO7P2. The molecule has 8 nitrogen and oxygen atoms in total. The molecule has 2 unspecified atom stereocenters. The summed E-state index contributed by atoms with van der Waals surface area (Å²) >= 11 is 0. The summed E-state index contributed by atoms with van der Waals surface area (Å²) in [6.45, 7) is -0.315. The van der Waals surface area contributed by atoms with Gasteiger partial charge in [0.15, 0.2) is 0 Å². The van der Waals surface area contributed by atoms with E-state index in [1.54, 1.807) is 0 Å². The minimum Gasteiger partial charge on any atom is -0.480 e. The predicted molar refractivity (Wildman–Crippen MR) is 57.0 cm³/mol. The van der Waals surface area contributed by atoms with Crippen LogP contribution < -0.4 is 5.73 Å². The molecule has 0 aromatic carbocycles. The third kappa shape index (κ3) is 7.98. The second kappa shape index (κ2) is 7.17. The number of carboxylic acid groups (broad SMARTS) is 1. The standard InChI is InChI=1S/C6H15NO7P2/c7-5(6(8)9)1-3-16(12,13)4-2-14-15(10)11/h5,15H,1-4,7H2,(H,8,9)(H,10,11)(H,12,13)/t5-/m0/s1. The predicted octanol–water partition coefficient (Wildman–Crippen LogP) is -0.543. The molecule has 16 heavy (non-hydrogen) atoms. The monoisotopic (exact) mass is 275 g/mol. The third-order valence-electron chi connectivity index (χ3n) is 1.77. The number of nitrogens with two attached hydrogens (primary N) is 1. The highest BCUT2D eigenvalue weighted by Gasteiger charge is 2.22. The Hall–Kier alpha value is -0.230. The van der Waals surface area contributed by atoms with Crippen molar-refractivity contribution in [3.05, 3.63) is 0 Å². The largest absolute Gasteiger partial charge is 0.480 e. The van der Waals surface area contributed by atoms with Gasteiger partial charge in [0.25, 0.3) is 0 Å². The molecule has 0 aromatic heterocycles. The van der Waals surface area contributed by atoms with Crippen molar-refractivity contribution in [2.75, 3.05) is 18.9 Å². The number of hydrogen-bond donors (Lipinski definition) is 4. The molecule has 0 aromatic rings. The zero-order valence-corrected chi connectivity index (χ0v) is 10.3. The van der Waals surface area contributed by atoms with Crippen molar-refractivity contribution in [2.24, 2.45) is 5.73 Å². The Balaban J connectivity index is 3.91. The Bertz CT molecular complexity index is 307. The number of carboxylic acids is 1. The molecule has 0 aliphatic carbocycles. The normalized spacial score (nSPS) is 18.7. The minimum absolute atomic E-state index is 0.128. The first-order chi connectivity index (χ1) is 7.24. The SMILES string of the molecule is N[C@@H](CCP(=O)(O)CCO[PH](=O)O)C(=O)O. The lowest BCUT2D eigenvalue weighted by molar-refractivity contribution is -0.138. The Morgan fingerprint density at radius 1 is 1.50 bits per heavy atom. The molecule has 0 aliphatic heterocycles. The topological polar surface area (TPSA) is 147 Å². The van der Waals surface area contributed by atoms with Gasteiger partial charge in [0.05, 0.1) is 6.61 Å². The van der Waals surface area contributed by atoms with Gasteiger partial charge in [0, 0.05) is 12.3 Å². The molecular weight excluding hydrogens is 260 g/mol. The van der Waals surface area contributed by atoms with E-state index in [4.69, 9.17) is 15.7 Å². The Labute approximate surface area is 92.8 Å². The first kappa shape index (κ1) is 15.8. The minimum atomic E-state index is -3.54. The maximum atomic E-state index is 11.4. The van der Waals surface area contributed by atoms with Gasteiger partial charge in [-0.15, -0.1) is 0 Å². The third-order valence-corrected chi connectivity index (χ3v) is 4.06. The molecule has 0 fully saturated rings. The summed E-state index contributed by atoms with van der Waals surface area (Å²) in [6.07, 6.45) is -0.677. The van der Waals surface area contributed by atoms with Crippen LogP contribution in [-0.4, -0.2) is 45.8 Å². The van der Waals surface area contributed by atoms with Crippen LogP contribution in [0.1, 0.15) is 6.42 Å². The van der Waals surface area contributed by atoms with Crippen molar-refractivity contribution in [3.63, 3.8) is 0 Å². The second-order valence-corrected chi connectivity index (χ2v) is 6.55. The van der Waals surface area contributed by atoms with Crippen molar-refractivity contribution in [2.45, 2.75) is 12.5 Å². The van der Waals surface area contributed by atoms with Crippen LogP contribution in [0.4, 0.5) is 0 Å². The first-order valence-corrected chi connectivity index (χ1v) is 7.69. The molecule has 5 N–H and O–H groups in total. The van der Waals surface area contributed by atoms with E-state index >= 15 is 0 Å². The smallest absolute Gasteiger partial charge is 0.320 e. The van der Waals surface area contributed by atoms with E-state index in [0.29, 0.717) is 0 Å². The Morgan fingerprint density at radius 3 is 2.50 bits per heavy atom. The van der Waals surface area contributed by atoms with Crippen molar-refractivity contribution in [1.82, 2.24) is 0 Å². The lowest BCUT2D eigenvalue weighted by Crippen LogP contribution is -2.31. The zero-order chi connectivity index (χ0) is 12.8. The summed E-state index contributed by atoms with van der Waals surface area (Å²) < 4.78 is 25.8. The molecule has 0 saturated carbocycles. The maximum Gasteiger partial charge on any atom is 0.320 e. The Kier molecular flexibility index (Phi) is 7.06. The summed E-state index contributed by atoms with van der Waals surface area (Å²) in [5, 5.41) is 8.44. The van der Waals surface area contributed by atoms with E-state index in [0.717, 1.165) is 0 Å². The van der Waals surface area contributed by atoms with Crippen LogP contribution in [0.2, 0.25) is 0 Å². The molecule has 0 saturated heterocycles. The Morgan fingerprint density at radius 2 is 2.06 bits per heavy atom. The molecule has 0 spiro atoms. The van der Waals surface area contributed by atoms with Gasteiger partial charge in [-0.2, -0.15) is 0 Å². The summed E-state index contributed by atoms with van der Waals surface area (Å²) in [5.74, 6) is -1.24. The highest BCUT2D eigenvalue weighted by molar-refractivity contribution is 7.58. The van der Waals surface area contributed by atoms with Gasteiger partial charge in [0.2, 0.25) is 7.37 Å². The van der Waals surface area contributed by atoms with Crippen LogP contribution in [0, 0.1) is 0 Å². The van der Waals surface area contributed by atoms with Crippen LogP contribution in [0.15, 0.2) is 0 Å². The van der Waals surface area contributed by atoms with E-state index < -0.39 is 27.6 Å².